The van der Waals surface area contributed by atoms with Crippen LogP contribution in [0.25, 0.3) is 10.9 Å². The maximum Gasteiger partial charge on any atom is 0.243 e. The number of benzene rings is 1. The van der Waals surface area contributed by atoms with Crippen LogP contribution in [0.15, 0.2) is 36.5 Å². The first-order chi connectivity index (χ1) is 14.7. The summed E-state index contributed by atoms with van der Waals surface area (Å²) in [5.74, 6) is 0.975. The van der Waals surface area contributed by atoms with Gasteiger partial charge in [-0.1, -0.05) is 18.9 Å². The van der Waals surface area contributed by atoms with E-state index in [4.69, 9.17) is 4.74 Å². The van der Waals surface area contributed by atoms with Gasteiger partial charge < -0.3 is 14.7 Å². The van der Waals surface area contributed by atoms with Gasteiger partial charge in [0, 0.05) is 24.5 Å². The van der Waals surface area contributed by atoms with Crippen LogP contribution in [-0.2, 0) is 4.79 Å². The lowest BCUT2D eigenvalue weighted by atomic mass is 9.91. The average Bonchev–Trinajstić information content (AvgIpc) is 3.48. The van der Waals surface area contributed by atoms with Gasteiger partial charge in [-0.3, -0.25) is 14.7 Å². The van der Waals surface area contributed by atoms with Crippen LogP contribution in [0.3, 0.4) is 0 Å². The number of aromatic nitrogens is 1. The number of rotatable bonds is 4. The van der Waals surface area contributed by atoms with E-state index in [1.54, 1.807) is 6.20 Å². The number of ether oxygens (including phenoxy) is 1. The molecule has 2 aromatic rings. The van der Waals surface area contributed by atoms with E-state index in [1.165, 1.54) is 12.8 Å². The predicted octanol–water partition coefficient (Wildman–Crippen LogP) is 2.98. The van der Waals surface area contributed by atoms with Crippen molar-refractivity contribution in [2.45, 2.75) is 62.7 Å². The molecule has 0 unspecified atom stereocenters. The SMILES string of the molecule is O=C(N1CC[C@@H](Oc2cccc3ncccc23)[C@H](O)C1)C1(N2CCCC2)CCCC1. The average molecular weight is 410 g/mol. The molecule has 1 amide bonds. The number of amides is 1. The third-order valence-electron chi connectivity index (χ3n) is 7.23. The summed E-state index contributed by atoms with van der Waals surface area (Å²) in [5.41, 5.74) is 0.552. The van der Waals surface area contributed by atoms with Gasteiger partial charge in [0.05, 0.1) is 12.1 Å². The van der Waals surface area contributed by atoms with E-state index in [-0.39, 0.29) is 17.6 Å². The van der Waals surface area contributed by atoms with Crippen LogP contribution in [0.5, 0.6) is 5.75 Å². The first-order valence-corrected chi connectivity index (χ1v) is 11.4. The zero-order chi connectivity index (χ0) is 20.6. The first kappa shape index (κ1) is 19.8. The van der Waals surface area contributed by atoms with Crippen molar-refractivity contribution in [1.82, 2.24) is 14.8 Å². The lowest BCUT2D eigenvalue weighted by molar-refractivity contribution is -0.149. The molecule has 1 N–H and O–H groups in total. The second kappa shape index (κ2) is 8.16. The van der Waals surface area contributed by atoms with Gasteiger partial charge in [-0.25, -0.2) is 0 Å². The molecule has 1 aliphatic carbocycles. The standard InChI is InChI=1S/C24H31N3O3/c28-20-17-26(23(29)24(11-1-2-12-24)27-14-3-4-15-27)16-10-22(20)30-21-9-5-8-19-18(21)7-6-13-25-19/h5-9,13,20,22,28H,1-4,10-12,14-17H2/t20-,22-/m1/s1. The van der Waals surface area contributed by atoms with E-state index in [1.807, 2.05) is 35.2 Å². The van der Waals surface area contributed by atoms with Crippen molar-refractivity contribution in [3.05, 3.63) is 36.5 Å². The molecular formula is C24H31N3O3. The number of pyridine rings is 1. The molecule has 2 aliphatic heterocycles. The second-order valence-corrected chi connectivity index (χ2v) is 9.02. The lowest BCUT2D eigenvalue weighted by Gasteiger charge is -2.44. The zero-order valence-corrected chi connectivity index (χ0v) is 17.5. The Hall–Kier alpha value is -2.18. The number of hydrogen-bond donors (Lipinski definition) is 1. The monoisotopic (exact) mass is 409 g/mol. The van der Waals surface area contributed by atoms with Crippen LogP contribution in [0.1, 0.15) is 44.9 Å². The highest BCUT2D eigenvalue weighted by atomic mass is 16.5. The number of fused-ring (bicyclic) bond motifs is 1. The molecule has 3 heterocycles. The summed E-state index contributed by atoms with van der Waals surface area (Å²) in [5, 5.41) is 11.8. The van der Waals surface area contributed by atoms with Gasteiger partial charge in [-0.05, 0) is 63.0 Å². The molecular weight excluding hydrogens is 378 g/mol. The lowest BCUT2D eigenvalue weighted by Crippen LogP contribution is -2.61. The van der Waals surface area contributed by atoms with Crippen molar-refractivity contribution >= 4 is 16.8 Å². The van der Waals surface area contributed by atoms with Gasteiger partial charge >= 0.3 is 0 Å². The van der Waals surface area contributed by atoms with Gasteiger partial charge in [0.15, 0.2) is 0 Å². The fourth-order valence-corrected chi connectivity index (χ4v) is 5.64. The van der Waals surface area contributed by atoms with Crippen molar-refractivity contribution < 1.29 is 14.6 Å². The number of nitrogens with zero attached hydrogens (tertiary/aromatic N) is 3. The zero-order valence-electron chi connectivity index (χ0n) is 17.5. The van der Waals surface area contributed by atoms with Gasteiger partial charge in [0.25, 0.3) is 0 Å². The molecule has 2 saturated heterocycles. The van der Waals surface area contributed by atoms with Crippen molar-refractivity contribution in [2.75, 3.05) is 26.2 Å². The number of likely N-dealkylation sites (tertiary alicyclic amines) is 2. The van der Waals surface area contributed by atoms with Crippen LogP contribution < -0.4 is 4.74 Å². The molecule has 1 aromatic heterocycles. The first-order valence-electron chi connectivity index (χ1n) is 11.4. The number of aliphatic hydroxyl groups excluding tert-OH is 1. The Morgan fingerprint density at radius 3 is 2.63 bits per heavy atom. The molecule has 160 valence electrons. The molecule has 3 fully saturated rings. The minimum atomic E-state index is -0.688. The topological polar surface area (TPSA) is 65.9 Å². The third kappa shape index (κ3) is 3.46. The summed E-state index contributed by atoms with van der Waals surface area (Å²) in [6.07, 6.45) is 7.95. The van der Waals surface area contributed by atoms with Crippen molar-refractivity contribution in [2.24, 2.45) is 0 Å². The van der Waals surface area contributed by atoms with E-state index in [0.717, 1.165) is 55.4 Å². The van der Waals surface area contributed by atoms with Crippen molar-refractivity contribution in [1.29, 1.82) is 0 Å². The van der Waals surface area contributed by atoms with Crippen molar-refractivity contribution in [3.63, 3.8) is 0 Å². The Morgan fingerprint density at radius 2 is 1.87 bits per heavy atom. The minimum absolute atomic E-state index is 0.230. The fourth-order valence-electron chi connectivity index (χ4n) is 5.64. The maximum absolute atomic E-state index is 13.6. The van der Waals surface area contributed by atoms with E-state index < -0.39 is 6.10 Å². The van der Waals surface area contributed by atoms with Crippen LogP contribution in [0.2, 0.25) is 0 Å². The van der Waals surface area contributed by atoms with E-state index in [2.05, 4.69) is 9.88 Å². The molecule has 3 aliphatic rings. The van der Waals surface area contributed by atoms with Crippen LogP contribution >= 0.6 is 0 Å². The molecule has 1 saturated carbocycles. The van der Waals surface area contributed by atoms with Gasteiger partial charge in [0.2, 0.25) is 5.91 Å². The molecule has 30 heavy (non-hydrogen) atoms. The molecule has 6 heteroatoms. The highest BCUT2D eigenvalue weighted by Gasteiger charge is 2.49. The Labute approximate surface area is 177 Å². The minimum Gasteiger partial charge on any atom is -0.487 e. The molecule has 0 radical (unpaired) electrons. The molecule has 5 rings (SSSR count). The van der Waals surface area contributed by atoms with E-state index >= 15 is 0 Å². The summed E-state index contributed by atoms with van der Waals surface area (Å²) in [6, 6.07) is 9.69. The molecule has 1 aromatic carbocycles. The summed E-state index contributed by atoms with van der Waals surface area (Å²) in [7, 11) is 0. The van der Waals surface area contributed by atoms with Crippen LogP contribution in [0.4, 0.5) is 0 Å². The highest BCUT2D eigenvalue weighted by molar-refractivity contribution is 5.87. The van der Waals surface area contributed by atoms with E-state index in [9.17, 15) is 9.90 Å². The molecule has 2 atom stereocenters. The highest BCUT2D eigenvalue weighted by Crippen LogP contribution is 2.39. The molecule has 0 bridgehead atoms. The molecule has 0 spiro atoms. The Kier molecular flexibility index (Phi) is 5.37. The second-order valence-electron chi connectivity index (χ2n) is 9.02. The number of piperidine rings is 1. The maximum atomic E-state index is 13.6. The fraction of sp³-hybridized carbons (Fsp3) is 0.583. The number of carbonyl (C=O) groups excluding carboxylic acids is 1. The number of aliphatic hydroxyl groups is 1. The summed E-state index contributed by atoms with van der Waals surface area (Å²) in [6.45, 7) is 3.05. The Morgan fingerprint density at radius 1 is 1.07 bits per heavy atom. The number of hydrogen-bond acceptors (Lipinski definition) is 5. The smallest absolute Gasteiger partial charge is 0.243 e. The van der Waals surface area contributed by atoms with Crippen LogP contribution in [0, 0.1) is 0 Å². The number of β-amino-alcohol motifs (C(OH)–C–C–N with tert-alkyl or cyclic N) is 1. The van der Waals surface area contributed by atoms with Crippen molar-refractivity contribution in [3.8, 4) is 5.75 Å². The Bertz CT molecular complexity index is 900. The molecule has 6 nitrogen and oxygen atoms in total. The van der Waals surface area contributed by atoms with Gasteiger partial charge in [0.1, 0.15) is 23.5 Å². The summed E-state index contributed by atoms with van der Waals surface area (Å²) in [4.78, 5) is 22.3. The predicted molar refractivity (Wildman–Crippen MR) is 115 cm³/mol. The van der Waals surface area contributed by atoms with Gasteiger partial charge in [-0.15, -0.1) is 0 Å². The number of carbonyl (C=O) groups is 1. The Balaban J connectivity index is 1.29. The van der Waals surface area contributed by atoms with E-state index in [0.29, 0.717) is 19.5 Å². The van der Waals surface area contributed by atoms with Crippen LogP contribution in [-0.4, -0.2) is 69.7 Å². The largest absolute Gasteiger partial charge is 0.487 e. The quantitative estimate of drug-likeness (QED) is 0.841. The summed E-state index contributed by atoms with van der Waals surface area (Å²) >= 11 is 0. The van der Waals surface area contributed by atoms with Gasteiger partial charge in [-0.2, -0.15) is 0 Å². The normalized spacial score (nSPS) is 26.9. The summed E-state index contributed by atoms with van der Waals surface area (Å²) < 4.78 is 6.22. The third-order valence-corrected chi connectivity index (χ3v) is 7.23.